The van der Waals surface area contributed by atoms with Gasteiger partial charge in [-0.1, -0.05) is 12.1 Å². The highest BCUT2D eigenvalue weighted by molar-refractivity contribution is 5.98. The number of hydrogen-bond donors (Lipinski definition) is 6. The Bertz CT molecular complexity index is 982. The number of aromatic nitrogens is 4. The van der Waals surface area contributed by atoms with Crippen molar-refractivity contribution >= 4 is 45.5 Å². The average molecular weight is 352 g/mol. The van der Waals surface area contributed by atoms with Gasteiger partial charge in [-0.25, -0.2) is 19.6 Å². The summed E-state index contributed by atoms with van der Waals surface area (Å²) in [6.07, 6.45) is 3.13. The van der Waals surface area contributed by atoms with E-state index in [1.807, 2.05) is 24.3 Å². The molecule has 0 aliphatic rings. The van der Waals surface area contributed by atoms with Gasteiger partial charge in [-0.15, -0.1) is 0 Å². The zero-order valence-electron chi connectivity index (χ0n) is 13.5. The second-order valence-electron chi connectivity index (χ2n) is 5.19. The second kappa shape index (κ2) is 7.21. The molecule has 8 N–H and O–H groups in total. The summed E-state index contributed by atoms with van der Waals surface area (Å²) in [7, 11) is 0. The smallest absolute Gasteiger partial charge is 0.316 e. The number of anilines is 2. The molecule has 132 valence electrons. The van der Waals surface area contributed by atoms with Gasteiger partial charge in [0.1, 0.15) is 11.0 Å². The van der Waals surface area contributed by atoms with Gasteiger partial charge in [0, 0.05) is 0 Å². The van der Waals surface area contributed by atoms with Gasteiger partial charge < -0.3 is 32.1 Å². The van der Waals surface area contributed by atoms with Crippen molar-refractivity contribution in [2.24, 2.45) is 11.5 Å². The Hall–Kier alpha value is -4.08. The third-order valence-corrected chi connectivity index (χ3v) is 3.42. The van der Waals surface area contributed by atoms with Gasteiger partial charge in [-0.05, 0) is 24.3 Å². The Morgan fingerprint density at radius 1 is 0.769 bits per heavy atom. The van der Waals surface area contributed by atoms with Crippen LogP contribution in [0, 0.1) is 0 Å². The van der Waals surface area contributed by atoms with Crippen LogP contribution in [0.15, 0.2) is 49.1 Å². The van der Waals surface area contributed by atoms with Gasteiger partial charge in [-0.3, -0.25) is 0 Å². The van der Waals surface area contributed by atoms with E-state index < -0.39 is 12.1 Å². The van der Waals surface area contributed by atoms with E-state index in [1.165, 1.54) is 0 Å². The lowest BCUT2D eigenvalue weighted by molar-refractivity contribution is 0.258. The predicted octanol–water partition coefficient (Wildman–Crippen LogP) is 2.11. The maximum atomic E-state index is 10.6. The van der Waals surface area contributed by atoms with Gasteiger partial charge in [0.25, 0.3) is 0 Å². The molecule has 4 rings (SSSR count). The summed E-state index contributed by atoms with van der Waals surface area (Å²) >= 11 is 0. The zero-order chi connectivity index (χ0) is 18.5. The van der Waals surface area contributed by atoms with Crippen molar-refractivity contribution in [2.75, 3.05) is 10.6 Å². The molecule has 2 aromatic heterocycles. The molecule has 2 aromatic carbocycles. The first-order chi connectivity index (χ1) is 12.5. The lowest BCUT2D eigenvalue weighted by atomic mass is 10.3. The van der Waals surface area contributed by atoms with Crippen molar-refractivity contribution < 1.29 is 9.59 Å². The zero-order valence-corrected chi connectivity index (χ0v) is 13.5. The number of fused-ring (bicyclic) bond motifs is 2. The monoisotopic (exact) mass is 352 g/mol. The number of para-hydroxylation sites is 2. The van der Waals surface area contributed by atoms with Crippen molar-refractivity contribution in [1.29, 1.82) is 0 Å². The molecular weight excluding hydrogens is 336 g/mol. The van der Waals surface area contributed by atoms with Crippen LogP contribution in [0.4, 0.5) is 21.0 Å². The molecule has 0 aliphatic heterocycles. The van der Waals surface area contributed by atoms with E-state index in [2.05, 4.69) is 30.6 Å². The summed E-state index contributed by atoms with van der Waals surface area (Å²) < 4.78 is 0. The van der Waals surface area contributed by atoms with Crippen molar-refractivity contribution in [3.63, 3.8) is 0 Å². The molecule has 2 heterocycles. The Labute approximate surface area is 147 Å². The number of carbonyl (C=O) groups excluding carboxylic acids is 2. The number of aromatic amines is 2. The van der Waals surface area contributed by atoms with Gasteiger partial charge in [0.05, 0.1) is 35.1 Å². The molecule has 0 aliphatic carbocycles. The van der Waals surface area contributed by atoms with Crippen LogP contribution < -0.4 is 22.1 Å². The molecule has 10 heteroatoms. The van der Waals surface area contributed by atoms with Crippen LogP contribution in [0.5, 0.6) is 0 Å². The van der Waals surface area contributed by atoms with Gasteiger partial charge >= 0.3 is 12.1 Å². The topological polar surface area (TPSA) is 168 Å². The summed E-state index contributed by atoms with van der Waals surface area (Å²) in [5.74, 6) is 0. The second-order valence-corrected chi connectivity index (χ2v) is 5.19. The fourth-order valence-corrected chi connectivity index (χ4v) is 2.40. The number of carbonyl (C=O) groups is 2. The molecule has 0 unspecified atom stereocenters. The standard InChI is InChI=1S/2C8H8N4O/c2*9-8(13)12-6-3-1-2-5-7(6)11-4-10-5/h2*1-4H,(H,10,11)(H3,9,12,13). The number of hydrogen-bond acceptors (Lipinski definition) is 4. The molecule has 0 radical (unpaired) electrons. The number of primary amides is 2. The lowest BCUT2D eigenvalue weighted by Crippen LogP contribution is -2.19. The van der Waals surface area contributed by atoms with Crippen molar-refractivity contribution in [3.05, 3.63) is 49.1 Å². The molecule has 26 heavy (non-hydrogen) atoms. The highest BCUT2D eigenvalue weighted by atomic mass is 16.2. The summed E-state index contributed by atoms with van der Waals surface area (Å²) in [4.78, 5) is 35.2. The van der Waals surface area contributed by atoms with E-state index in [1.54, 1.807) is 24.8 Å². The first kappa shape index (κ1) is 16.8. The Balaban J connectivity index is 0.000000151. The number of nitrogens with two attached hydrogens (primary N) is 2. The van der Waals surface area contributed by atoms with Crippen LogP contribution >= 0.6 is 0 Å². The normalized spacial score (nSPS) is 10.2. The summed E-state index contributed by atoms with van der Waals surface area (Å²) in [6, 6.07) is 9.67. The summed E-state index contributed by atoms with van der Waals surface area (Å²) in [5.41, 5.74) is 14.4. The molecule has 0 saturated carbocycles. The van der Waals surface area contributed by atoms with E-state index in [-0.39, 0.29) is 0 Å². The van der Waals surface area contributed by atoms with Crippen LogP contribution in [0.25, 0.3) is 22.1 Å². The third-order valence-electron chi connectivity index (χ3n) is 3.42. The minimum Gasteiger partial charge on any atom is -0.351 e. The fourth-order valence-electron chi connectivity index (χ4n) is 2.40. The molecule has 0 spiro atoms. The van der Waals surface area contributed by atoms with E-state index in [0.717, 1.165) is 11.0 Å². The number of rotatable bonds is 2. The van der Waals surface area contributed by atoms with Gasteiger partial charge in [0.15, 0.2) is 0 Å². The van der Waals surface area contributed by atoms with Crippen molar-refractivity contribution in [1.82, 2.24) is 19.9 Å². The Morgan fingerprint density at radius 2 is 1.19 bits per heavy atom. The lowest BCUT2D eigenvalue weighted by Gasteiger charge is -2.00. The van der Waals surface area contributed by atoms with Crippen LogP contribution in [0.3, 0.4) is 0 Å². The SMILES string of the molecule is NC(=O)Nc1cccc2[nH]cnc12.NC(=O)Nc1cccc2[nH]cnc12. The molecule has 0 fully saturated rings. The van der Waals surface area contributed by atoms with Crippen molar-refractivity contribution in [2.45, 2.75) is 0 Å². The van der Waals surface area contributed by atoms with Crippen LogP contribution in [-0.4, -0.2) is 32.0 Å². The maximum Gasteiger partial charge on any atom is 0.316 e. The van der Waals surface area contributed by atoms with E-state index in [4.69, 9.17) is 11.5 Å². The highest BCUT2D eigenvalue weighted by Crippen LogP contribution is 2.19. The quantitative estimate of drug-likeness (QED) is 0.325. The van der Waals surface area contributed by atoms with E-state index in [0.29, 0.717) is 22.4 Å². The number of nitrogens with one attached hydrogen (secondary N) is 4. The number of urea groups is 2. The van der Waals surface area contributed by atoms with Crippen LogP contribution in [-0.2, 0) is 0 Å². The number of H-pyrrole nitrogens is 2. The van der Waals surface area contributed by atoms with Crippen LogP contribution in [0.2, 0.25) is 0 Å². The molecule has 4 amide bonds. The Morgan fingerprint density at radius 3 is 1.58 bits per heavy atom. The summed E-state index contributed by atoms with van der Waals surface area (Å²) in [5, 5.41) is 4.98. The van der Waals surface area contributed by atoms with E-state index in [9.17, 15) is 9.59 Å². The molecular formula is C16H16N8O2. The number of imidazole rings is 2. The number of nitrogens with zero attached hydrogens (tertiary/aromatic N) is 2. The highest BCUT2D eigenvalue weighted by Gasteiger charge is 2.04. The predicted molar refractivity (Wildman–Crippen MR) is 98.6 cm³/mol. The third kappa shape index (κ3) is 3.70. The number of benzene rings is 2. The molecule has 0 bridgehead atoms. The van der Waals surface area contributed by atoms with Crippen LogP contribution in [0.1, 0.15) is 0 Å². The minimum absolute atomic E-state index is 0.587. The number of amides is 4. The molecule has 4 aromatic rings. The van der Waals surface area contributed by atoms with Gasteiger partial charge in [0.2, 0.25) is 0 Å². The first-order valence-corrected chi connectivity index (χ1v) is 7.51. The van der Waals surface area contributed by atoms with E-state index >= 15 is 0 Å². The summed E-state index contributed by atoms with van der Waals surface area (Å²) in [6.45, 7) is 0. The first-order valence-electron chi connectivity index (χ1n) is 7.51. The van der Waals surface area contributed by atoms with Gasteiger partial charge in [-0.2, -0.15) is 0 Å². The Kier molecular flexibility index (Phi) is 4.65. The fraction of sp³-hybridized carbons (Fsp3) is 0. The minimum atomic E-state index is -0.587. The molecule has 0 saturated heterocycles. The largest absolute Gasteiger partial charge is 0.351 e. The maximum absolute atomic E-state index is 10.6. The van der Waals surface area contributed by atoms with Crippen molar-refractivity contribution in [3.8, 4) is 0 Å². The molecule has 0 atom stereocenters. The average Bonchev–Trinajstić information content (AvgIpc) is 3.24. The molecule has 10 nitrogen and oxygen atoms in total.